The van der Waals surface area contributed by atoms with E-state index in [4.69, 9.17) is 14.6 Å². The van der Waals surface area contributed by atoms with Crippen molar-refractivity contribution in [1.82, 2.24) is 0 Å². The Morgan fingerprint density at radius 2 is 1.78 bits per heavy atom. The molecule has 0 fully saturated rings. The van der Waals surface area contributed by atoms with Crippen LogP contribution >= 0.6 is 0 Å². The van der Waals surface area contributed by atoms with Crippen LogP contribution in [0.5, 0.6) is 0 Å². The van der Waals surface area contributed by atoms with Gasteiger partial charge in [-0.3, -0.25) is 0 Å². The first-order valence-electron chi connectivity index (χ1n) is 6.48. The lowest BCUT2D eigenvalue weighted by Crippen LogP contribution is -2.38. The number of sulfonamides is 1. The topological polar surface area (TPSA) is 78.6 Å². The molecule has 1 unspecified atom stereocenters. The van der Waals surface area contributed by atoms with Crippen LogP contribution in [-0.2, 0) is 19.5 Å². The fourth-order valence-electron chi connectivity index (χ4n) is 1.78. The molecule has 0 aromatic rings. The Hall–Kier alpha value is -0.170. The molecular weight excluding hydrogens is 254 g/mol. The smallest absolute Gasteiger partial charge is 0.209 e. The summed E-state index contributed by atoms with van der Waals surface area (Å²) in [6.45, 7) is 9.34. The molecule has 0 aromatic heterocycles. The first kappa shape index (κ1) is 17.8. The Morgan fingerprint density at radius 3 is 2.17 bits per heavy atom. The van der Waals surface area contributed by atoms with E-state index in [1.807, 2.05) is 27.7 Å². The van der Waals surface area contributed by atoms with E-state index in [1.54, 1.807) is 0 Å². The second-order valence-electron chi connectivity index (χ2n) is 4.80. The van der Waals surface area contributed by atoms with Crippen LogP contribution in [0.25, 0.3) is 0 Å². The molecule has 18 heavy (non-hydrogen) atoms. The molecular formula is C12H27NO4S. The normalized spacial score (nSPS) is 14.7. The van der Waals surface area contributed by atoms with Gasteiger partial charge in [0.1, 0.15) is 0 Å². The molecule has 0 radical (unpaired) electrons. The molecule has 0 rings (SSSR count). The van der Waals surface area contributed by atoms with Crippen molar-refractivity contribution in [3.05, 3.63) is 0 Å². The van der Waals surface area contributed by atoms with Crippen molar-refractivity contribution < 1.29 is 17.9 Å². The monoisotopic (exact) mass is 281 g/mol. The maximum absolute atomic E-state index is 11.3. The van der Waals surface area contributed by atoms with Crippen LogP contribution in [0.4, 0.5) is 0 Å². The van der Waals surface area contributed by atoms with E-state index >= 15 is 0 Å². The molecule has 0 heterocycles. The fraction of sp³-hybridized carbons (Fsp3) is 1.00. The van der Waals surface area contributed by atoms with E-state index in [0.717, 1.165) is 12.8 Å². The summed E-state index contributed by atoms with van der Waals surface area (Å²) in [6, 6.07) is 0. The minimum Gasteiger partial charge on any atom is -0.379 e. The third kappa shape index (κ3) is 7.31. The van der Waals surface area contributed by atoms with Gasteiger partial charge >= 0.3 is 0 Å². The van der Waals surface area contributed by atoms with E-state index in [9.17, 15) is 8.42 Å². The molecule has 0 aliphatic heterocycles. The predicted octanol–water partition coefficient (Wildman–Crippen LogP) is 1.52. The van der Waals surface area contributed by atoms with Gasteiger partial charge in [-0.15, -0.1) is 0 Å². The van der Waals surface area contributed by atoms with Gasteiger partial charge in [0.25, 0.3) is 0 Å². The largest absolute Gasteiger partial charge is 0.379 e. The number of hydrogen-bond acceptors (Lipinski definition) is 4. The van der Waals surface area contributed by atoms with Gasteiger partial charge in [0.15, 0.2) is 0 Å². The summed E-state index contributed by atoms with van der Waals surface area (Å²) in [7, 11) is -3.48. The molecule has 2 N–H and O–H groups in total. The van der Waals surface area contributed by atoms with E-state index in [0.29, 0.717) is 19.8 Å². The van der Waals surface area contributed by atoms with Crippen molar-refractivity contribution in [3.8, 4) is 0 Å². The van der Waals surface area contributed by atoms with Gasteiger partial charge in [0.2, 0.25) is 10.0 Å². The van der Waals surface area contributed by atoms with Crippen LogP contribution in [0, 0.1) is 5.41 Å². The molecule has 0 aliphatic rings. The van der Waals surface area contributed by atoms with Crippen molar-refractivity contribution in [3.63, 3.8) is 0 Å². The van der Waals surface area contributed by atoms with E-state index in [-0.39, 0.29) is 11.9 Å². The molecule has 0 bridgehead atoms. The molecule has 0 spiro atoms. The van der Waals surface area contributed by atoms with Crippen LogP contribution < -0.4 is 5.14 Å². The van der Waals surface area contributed by atoms with Crippen molar-refractivity contribution >= 4 is 10.0 Å². The van der Waals surface area contributed by atoms with Crippen LogP contribution in [0.15, 0.2) is 0 Å². The Morgan fingerprint density at radius 1 is 1.22 bits per heavy atom. The standard InChI is InChI=1S/C12H27NO4S/c1-5-12(6-2,10-18(13,14)15)9-17-11(4)8-16-7-3/h11H,5-10H2,1-4H3,(H2,13,14,15). The third-order valence-corrected chi connectivity index (χ3v) is 4.25. The first-order valence-corrected chi connectivity index (χ1v) is 8.20. The fourth-order valence-corrected chi connectivity index (χ4v) is 3.12. The molecule has 0 saturated heterocycles. The molecule has 6 heteroatoms. The van der Waals surface area contributed by atoms with Crippen LogP contribution in [0.2, 0.25) is 0 Å². The third-order valence-electron chi connectivity index (χ3n) is 3.24. The second kappa shape index (κ2) is 8.09. The van der Waals surface area contributed by atoms with Crippen LogP contribution in [-0.4, -0.2) is 40.1 Å². The average Bonchev–Trinajstić information content (AvgIpc) is 2.30. The molecule has 0 saturated carbocycles. The predicted molar refractivity (Wildman–Crippen MR) is 72.9 cm³/mol. The van der Waals surface area contributed by atoms with Crippen molar-refractivity contribution in [2.45, 2.75) is 46.6 Å². The number of primary sulfonamides is 1. The minimum absolute atomic E-state index is 0.0334. The zero-order valence-electron chi connectivity index (χ0n) is 11.9. The highest BCUT2D eigenvalue weighted by Crippen LogP contribution is 2.28. The van der Waals surface area contributed by atoms with Gasteiger partial charge in [-0.1, -0.05) is 13.8 Å². The summed E-state index contributed by atoms with van der Waals surface area (Å²) < 4.78 is 33.5. The molecule has 0 aliphatic carbocycles. The van der Waals surface area contributed by atoms with Gasteiger partial charge in [-0.2, -0.15) is 0 Å². The molecule has 0 aromatic carbocycles. The summed E-state index contributed by atoms with van der Waals surface area (Å²) in [5.74, 6) is -0.0334. The molecule has 1 atom stereocenters. The van der Waals surface area contributed by atoms with Gasteiger partial charge in [-0.25, -0.2) is 13.6 Å². The second-order valence-corrected chi connectivity index (χ2v) is 6.41. The average molecular weight is 281 g/mol. The lowest BCUT2D eigenvalue weighted by molar-refractivity contribution is -0.0381. The zero-order valence-corrected chi connectivity index (χ0v) is 12.8. The van der Waals surface area contributed by atoms with Gasteiger partial charge < -0.3 is 9.47 Å². The summed E-state index contributed by atoms with van der Waals surface area (Å²) >= 11 is 0. The van der Waals surface area contributed by atoms with Crippen molar-refractivity contribution in [2.75, 3.05) is 25.6 Å². The van der Waals surface area contributed by atoms with E-state index in [2.05, 4.69) is 0 Å². The van der Waals surface area contributed by atoms with Gasteiger partial charge in [0.05, 0.1) is 25.1 Å². The maximum Gasteiger partial charge on any atom is 0.209 e. The quantitative estimate of drug-likeness (QED) is 0.658. The van der Waals surface area contributed by atoms with Crippen molar-refractivity contribution in [2.24, 2.45) is 10.6 Å². The van der Waals surface area contributed by atoms with Crippen LogP contribution in [0.3, 0.4) is 0 Å². The number of nitrogens with two attached hydrogens (primary N) is 1. The van der Waals surface area contributed by atoms with Gasteiger partial charge in [-0.05, 0) is 26.7 Å². The molecule has 0 amide bonds. The summed E-state index contributed by atoms with van der Waals surface area (Å²) in [5, 5.41) is 5.15. The van der Waals surface area contributed by atoms with E-state index < -0.39 is 15.4 Å². The lowest BCUT2D eigenvalue weighted by atomic mass is 9.85. The first-order chi connectivity index (χ1) is 8.28. The minimum atomic E-state index is -3.48. The number of ether oxygens (including phenoxy) is 2. The molecule has 110 valence electrons. The van der Waals surface area contributed by atoms with Crippen molar-refractivity contribution in [1.29, 1.82) is 0 Å². The highest BCUT2D eigenvalue weighted by Gasteiger charge is 2.31. The Bertz CT molecular complexity index is 312. The highest BCUT2D eigenvalue weighted by atomic mass is 32.2. The van der Waals surface area contributed by atoms with E-state index in [1.165, 1.54) is 0 Å². The van der Waals surface area contributed by atoms with Gasteiger partial charge in [0, 0.05) is 12.0 Å². The highest BCUT2D eigenvalue weighted by molar-refractivity contribution is 7.89. The Labute approximate surface area is 111 Å². The summed E-state index contributed by atoms with van der Waals surface area (Å²) in [4.78, 5) is 0. The molecule has 5 nitrogen and oxygen atoms in total. The maximum atomic E-state index is 11.3. The number of rotatable bonds is 10. The Balaban J connectivity index is 4.43. The zero-order chi connectivity index (χ0) is 14.2. The number of hydrogen-bond donors (Lipinski definition) is 1. The SMILES string of the molecule is CCOCC(C)OCC(CC)(CC)CS(N)(=O)=O. The van der Waals surface area contributed by atoms with Crippen LogP contribution in [0.1, 0.15) is 40.5 Å². The summed E-state index contributed by atoms with van der Waals surface area (Å²) in [5.41, 5.74) is -0.395. The summed E-state index contributed by atoms with van der Waals surface area (Å²) in [6.07, 6.45) is 1.41. The Kier molecular flexibility index (Phi) is 8.02. The lowest BCUT2D eigenvalue weighted by Gasteiger charge is -2.31.